The highest BCUT2D eigenvalue weighted by molar-refractivity contribution is 8.00. The zero-order chi connectivity index (χ0) is 94.0. The number of piperidine rings is 1. The van der Waals surface area contributed by atoms with E-state index in [4.69, 9.17) is 11.5 Å². The number of fused-ring (bicyclic) bond motifs is 5. The van der Waals surface area contributed by atoms with Gasteiger partial charge in [-0.2, -0.15) is 0 Å². The lowest BCUT2D eigenvalue weighted by Crippen LogP contribution is -2.62. The number of carbonyl (C=O) groups is 18. The molecule has 700 valence electrons. The van der Waals surface area contributed by atoms with Gasteiger partial charge in [-0.1, -0.05) is 88.1 Å². The number of carboxylic acid groups (broad SMARTS) is 2. The number of nitrogens with zero attached hydrogens (tertiary/aromatic N) is 5. The minimum absolute atomic E-state index is 0.000922. The third kappa shape index (κ3) is 26.9. The summed E-state index contributed by atoms with van der Waals surface area (Å²) in [5.74, 6) is -19.8. The van der Waals surface area contributed by atoms with Gasteiger partial charge in [0, 0.05) is 112 Å². The topological polar surface area (TPSA) is 629 Å². The van der Waals surface area contributed by atoms with Gasteiger partial charge in [0.15, 0.2) is 0 Å². The predicted octanol–water partition coefficient (Wildman–Crippen LogP) is -3.23. The third-order valence-electron chi connectivity index (χ3n) is 23.4. The fraction of sp³-hybridized carbons (Fsp3) is 0.535. The van der Waals surface area contributed by atoms with Crippen LogP contribution in [-0.4, -0.2) is 322 Å². The summed E-state index contributed by atoms with van der Waals surface area (Å²) >= 11 is 0.777. The summed E-state index contributed by atoms with van der Waals surface area (Å²) in [4.78, 5) is 270. The number of aromatic hydroxyl groups is 1. The number of carbonyl (C=O) groups excluding carboxylic acids is 16. The summed E-state index contributed by atoms with van der Waals surface area (Å²) in [6, 6.07) is -3.08. The molecule has 16 amide bonds. The Labute approximate surface area is 747 Å². The number of amides is 16. The van der Waals surface area contributed by atoms with Crippen LogP contribution in [-0.2, 0) is 106 Å². The third-order valence-corrected chi connectivity index (χ3v) is 24.4. The number of likely N-dealkylation sites (N-methyl/N-ethyl adjacent to an activating group) is 2. The number of phenolic OH excluding ortho intramolecular Hbond substituents is 1. The number of nitrogens with one attached hydrogen (secondary N) is 12. The average Bonchev–Trinajstić information content (AvgIpc) is 1.64. The van der Waals surface area contributed by atoms with Gasteiger partial charge < -0.3 is 125 Å². The summed E-state index contributed by atoms with van der Waals surface area (Å²) in [6.07, 6.45) is 0.129. The number of aliphatic carboxylic acids is 2. The smallest absolute Gasteiger partial charge is 0.305 e. The Kier molecular flexibility index (Phi) is 36.7. The van der Waals surface area contributed by atoms with E-state index >= 15 is 33.6 Å². The van der Waals surface area contributed by atoms with Crippen molar-refractivity contribution in [3.05, 3.63) is 102 Å². The Hall–Kier alpha value is -12.8. The quantitative estimate of drug-likeness (QED) is 0.0324. The van der Waals surface area contributed by atoms with Crippen molar-refractivity contribution in [3.63, 3.8) is 0 Å². The van der Waals surface area contributed by atoms with Crippen LogP contribution >= 0.6 is 11.8 Å². The molecular formula is C86H117N19O23S. The van der Waals surface area contributed by atoms with Crippen molar-refractivity contribution >= 4 is 140 Å². The molecule has 0 bridgehead atoms. The highest BCUT2D eigenvalue weighted by Gasteiger charge is 2.47. The summed E-state index contributed by atoms with van der Waals surface area (Å²) in [5, 5.41) is 79.5. The monoisotopic (exact) mass is 1820 g/mol. The number of primary amides is 1. The molecule has 9 rings (SSSR count). The summed E-state index contributed by atoms with van der Waals surface area (Å²) in [6.45, 7) is 1.52. The first-order valence-corrected chi connectivity index (χ1v) is 44.3. The average molecular weight is 1820 g/mol. The zero-order valence-corrected chi connectivity index (χ0v) is 73.3. The summed E-state index contributed by atoms with van der Waals surface area (Å²) in [5.41, 5.74) is 14.1. The standard InChI is InChI=1S/C86H117N19O23S/c1-6-8-21-64-78(120)92-46(3)73(115)100-63(74(116)91-41-69(88)109)44-129-45-70(110)93-58(33-47-25-27-50(107)28-26-47)84(126)103-31-15-14-23-65(103)79(121)97-60(37-72(113)114)85(127)104-32-16-24-66(104)80(122)98-61(38-87)76(118)94-56(29-30-71(111)112)83(125)105-42-51(108)36-68(105)81(123)95-57(34-48-39-89-54-19-12-10-17-52(48)54)75(117)99-62(43-106)77(119)96-59(35-49-40-90-55-20-13-11-18-53(49)55)82(124)102(5)67(22-9-7-2)86(128)101(64)4/h10-13,17-20,25-28,39-40,46,51,56-68,89-90,106-108H,6-9,14-16,21-24,29-38,41-45,87H2,1-5H3,(H2,88,109)(H,91,116)(H,92,120)(H,93,110)(H,94,118)(H,95,123)(H,96,119)(H,97,121)(H,98,122)(H,99,117)(H,100,115)(H,111,112)(H,113,114)/t46-,51+,56-,57-,58+,59-,60-,61-,62-,63-,64-,65-,66-,67-,68-/m0/s1. The molecule has 4 fully saturated rings. The maximum Gasteiger partial charge on any atom is 0.305 e. The van der Waals surface area contributed by atoms with E-state index in [1.54, 1.807) is 60.9 Å². The first-order chi connectivity index (χ1) is 61.5. The Balaban J connectivity index is 1.07. The van der Waals surface area contributed by atoms with Crippen molar-refractivity contribution in [2.75, 3.05) is 64.9 Å². The second-order valence-electron chi connectivity index (χ2n) is 32.8. The van der Waals surface area contributed by atoms with E-state index < -0.39 is 261 Å². The molecule has 0 spiro atoms. The number of nitrogens with two attached hydrogens (primary N) is 2. The van der Waals surface area contributed by atoms with Crippen LogP contribution < -0.4 is 64.6 Å². The molecule has 21 N–H and O–H groups in total. The largest absolute Gasteiger partial charge is 0.508 e. The molecule has 42 nitrogen and oxygen atoms in total. The van der Waals surface area contributed by atoms with Crippen LogP contribution in [0.4, 0.5) is 0 Å². The summed E-state index contributed by atoms with van der Waals surface area (Å²) < 4.78 is 0. The van der Waals surface area contributed by atoms with Crippen molar-refractivity contribution in [2.24, 2.45) is 11.5 Å². The molecule has 43 heteroatoms. The normalized spacial score (nSPS) is 25.9. The lowest BCUT2D eigenvalue weighted by molar-refractivity contribution is -0.149. The molecule has 3 aromatic carbocycles. The van der Waals surface area contributed by atoms with Crippen molar-refractivity contribution in [3.8, 4) is 5.75 Å². The molecule has 0 unspecified atom stereocenters. The van der Waals surface area contributed by atoms with Gasteiger partial charge in [0.05, 0.1) is 31.4 Å². The van der Waals surface area contributed by atoms with Gasteiger partial charge >= 0.3 is 11.9 Å². The Morgan fingerprint density at radius 2 is 1.03 bits per heavy atom. The number of aliphatic hydroxyl groups excluding tert-OH is 2. The van der Waals surface area contributed by atoms with Crippen molar-refractivity contribution in [1.82, 2.24) is 87.6 Å². The minimum atomic E-state index is -1.92. The number of phenols is 1. The highest BCUT2D eigenvalue weighted by Crippen LogP contribution is 2.29. The number of H-pyrrole nitrogens is 2. The number of thioether (sulfide) groups is 1. The van der Waals surface area contributed by atoms with Crippen LogP contribution in [0.1, 0.15) is 134 Å². The van der Waals surface area contributed by atoms with Crippen LogP contribution in [0.2, 0.25) is 0 Å². The van der Waals surface area contributed by atoms with E-state index in [0.29, 0.717) is 77.0 Å². The van der Waals surface area contributed by atoms with Gasteiger partial charge in [-0.15, -0.1) is 11.8 Å². The fourth-order valence-electron chi connectivity index (χ4n) is 16.4. The van der Waals surface area contributed by atoms with Crippen LogP contribution in [0.15, 0.2) is 85.2 Å². The zero-order valence-electron chi connectivity index (χ0n) is 72.5. The Morgan fingerprint density at radius 3 is 1.63 bits per heavy atom. The number of aromatic nitrogens is 2. The van der Waals surface area contributed by atoms with E-state index in [-0.39, 0.29) is 70.2 Å². The maximum absolute atomic E-state index is 15.6. The van der Waals surface area contributed by atoms with Gasteiger partial charge in [-0.25, -0.2) is 0 Å². The first-order valence-electron chi connectivity index (χ1n) is 43.2. The van der Waals surface area contributed by atoms with E-state index in [1.165, 1.54) is 45.3 Å². The number of carboxylic acids is 2. The molecule has 4 saturated heterocycles. The second kappa shape index (κ2) is 47.3. The highest BCUT2D eigenvalue weighted by atomic mass is 32.2. The molecule has 0 radical (unpaired) electrons. The minimum Gasteiger partial charge on any atom is -0.508 e. The number of benzene rings is 3. The van der Waals surface area contributed by atoms with E-state index in [0.717, 1.165) is 36.3 Å². The van der Waals surface area contributed by atoms with Gasteiger partial charge in [0.25, 0.3) is 0 Å². The van der Waals surface area contributed by atoms with Crippen molar-refractivity contribution in [2.45, 2.75) is 227 Å². The van der Waals surface area contributed by atoms with Crippen molar-refractivity contribution in [1.29, 1.82) is 0 Å². The lowest BCUT2D eigenvalue weighted by Gasteiger charge is -2.38. The maximum atomic E-state index is 15.6. The van der Waals surface area contributed by atoms with Gasteiger partial charge in [0.1, 0.15) is 90.3 Å². The fourth-order valence-corrected chi connectivity index (χ4v) is 17.2. The molecule has 5 aromatic rings. The molecule has 0 saturated carbocycles. The molecule has 2 aromatic heterocycles. The molecule has 15 atom stereocenters. The number of rotatable bonds is 22. The number of hydrogen-bond donors (Lipinski definition) is 19. The first kappa shape index (κ1) is 100.0. The molecule has 129 heavy (non-hydrogen) atoms. The number of hydrogen-bond acceptors (Lipinski definition) is 23. The van der Waals surface area contributed by atoms with Crippen LogP contribution in [0.3, 0.4) is 0 Å². The van der Waals surface area contributed by atoms with Crippen molar-refractivity contribution < 1.29 is 112 Å². The molecule has 4 aliphatic rings. The Morgan fingerprint density at radius 1 is 0.519 bits per heavy atom. The SMILES string of the molecule is CCCC[C@H]1C(=O)N(C)[C@@H](CCCC)C(=O)N[C@@H](C)C(=O)N[C@H](C(=O)NCC(N)=O)CSCC(=O)N[C@H](Cc2ccc(O)cc2)C(=O)N2CCCC[C@H]2C(=O)N[C@@H](CC(=O)O)C(=O)N2CCC[C@H]2C(=O)N[C@@H](CN)C(=O)N[C@@H](CCC(=O)O)C(=O)N2C[C@H](O)C[C@H]2C(=O)N[C@@H](Cc2c[nH]c3ccccc23)C(=O)N[C@@H](CO)C(=O)N[C@@H](Cc2c[nH]c3ccccc23)C(=O)N1C. The number of unbranched alkanes of at least 4 members (excludes halogenated alkanes) is 2. The van der Waals surface area contributed by atoms with Crippen LogP contribution in [0.5, 0.6) is 5.75 Å². The molecule has 0 aliphatic carbocycles. The van der Waals surface area contributed by atoms with E-state index in [1.807, 2.05) is 13.8 Å². The van der Waals surface area contributed by atoms with E-state index in [9.17, 15) is 78.3 Å². The number of para-hydroxylation sites is 2. The van der Waals surface area contributed by atoms with Crippen LogP contribution in [0.25, 0.3) is 21.8 Å². The van der Waals surface area contributed by atoms with E-state index in [2.05, 4.69) is 63.1 Å². The lowest BCUT2D eigenvalue weighted by atomic mass is 9.97. The molecule has 6 heterocycles. The second-order valence-corrected chi connectivity index (χ2v) is 33.8. The number of aromatic amines is 2. The molecular weight excluding hydrogens is 1700 g/mol. The van der Waals surface area contributed by atoms with Crippen LogP contribution in [0, 0.1) is 0 Å². The van der Waals surface area contributed by atoms with Gasteiger partial charge in [-0.05, 0) is 99.2 Å². The predicted molar refractivity (Wildman–Crippen MR) is 466 cm³/mol. The number of aliphatic hydroxyl groups is 2. The summed E-state index contributed by atoms with van der Waals surface area (Å²) in [7, 11) is 2.67. The van der Waals surface area contributed by atoms with Gasteiger partial charge in [-0.3, -0.25) is 86.3 Å². The Bertz CT molecular complexity index is 4910. The van der Waals surface area contributed by atoms with Gasteiger partial charge in [0.2, 0.25) is 94.5 Å². The molecule has 4 aliphatic heterocycles.